The van der Waals surface area contributed by atoms with Crippen molar-refractivity contribution in [1.29, 1.82) is 0 Å². The lowest BCUT2D eigenvalue weighted by Crippen LogP contribution is -2.41. The van der Waals surface area contributed by atoms with E-state index in [0.717, 1.165) is 6.61 Å². The van der Waals surface area contributed by atoms with Crippen molar-refractivity contribution in [2.75, 3.05) is 13.7 Å². The highest BCUT2D eigenvalue weighted by molar-refractivity contribution is 4.80. The lowest BCUT2D eigenvalue weighted by molar-refractivity contribution is 0.00532. The molecule has 0 aromatic rings. The van der Waals surface area contributed by atoms with Crippen molar-refractivity contribution in [1.82, 2.24) is 5.32 Å². The molecule has 0 aromatic heterocycles. The molecule has 2 heteroatoms. The molecule has 0 spiro atoms. The van der Waals surface area contributed by atoms with Gasteiger partial charge in [0.25, 0.3) is 0 Å². The number of hydrogen-bond donors (Lipinski definition) is 1. The number of unbranched alkanes of at least 4 members (excludes halogenated alkanes) is 5. The minimum absolute atomic E-state index is 0.476. The maximum atomic E-state index is 6.03. The Balaban J connectivity index is 1.97. The molecule has 0 bridgehead atoms. The summed E-state index contributed by atoms with van der Waals surface area (Å²) in [5.41, 5.74) is 0. The molecule has 0 amide bonds. The molecule has 2 unspecified atom stereocenters. The average molecular weight is 241 g/mol. The fourth-order valence-corrected chi connectivity index (χ4v) is 2.74. The third-order valence-electron chi connectivity index (χ3n) is 3.90. The highest BCUT2D eigenvalue weighted by Crippen LogP contribution is 2.21. The highest BCUT2D eigenvalue weighted by Gasteiger charge is 2.23. The summed E-state index contributed by atoms with van der Waals surface area (Å²) in [6, 6.07) is 0.601. The second kappa shape index (κ2) is 9.90. The van der Waals surface area contributed by atoms with E-state index in [2.05, 4.69) is 19.3 Å². The van der Waals surface area contributed by atoms with Crippen molar-refractivity contribution < 1.29 is 4.74 Å². The largest absolute Gasteiger partial charge is 0.377 e. The topological polar surface area (TPSA) is 21.3 Å². The van der Waals surface area contributed by atoms with Crippen molar-refractivity contribution in [2.45, 2.75) is 83.3 Å². The Labute approximate surface area is 108 Å². The minimum Gasteiger partial charge on any atom is -0.377 e. The van der Waals surface area contributed by atoms with Gasteiger partial charge in [-0.25, -0.2) is 0 Å². The molecule has 0 radical (unpaired) electrons. The van der Waals surface area contributed by atoms with E-state index in [0.29, 0.717) is 12.1 Å². The predicted molar refractivity (Wildman–Crippen MR) is 74.4 cm³/mol. The number of nitrogens with one attached hydrogen (secondary N) is 1. The summed E-state index contributed by atoms with van der Waals surface area (Å²) in [4.78, 5) is 0. The molecule has 0 saturated heterocycles. The Bertz CT molecular complexity index is 172. The molecule has 2 atom stereocenters. The van der Waals surface area contributed by atoms with E-state index < -0.39 is 0 Å². The quantitative estimate of drug-likeness (QED) is 0.618. The maximum Gasteiger partial charge on any atom is 0.0727 e. The van der Waals surface area contributed by atoms with Gasteiger partial charge < -0.3 is 10.1 Å². The number of rotatable bonds is 9. The molecule has 17 heavy (non-hydrogen) atoms. The molecule has 1 aliphatic carbocycles. The predicted octanol–water partition coefficient (Wildman–Crippen LogP) is 3.89. The summed E-state index contributed by atoms with van der Waals surface area (Å²) in [5.74, 6) is 0. The minimum atomic E-state index is 0.476. The van der Waals surface area contributed by atoms with Crippen molar-refractivity contribution in [2.24, 2.45) is 0 Å². The lowest BCUT2D eigenvalue weighted by Gasteiger charge is -2.31. The molecule has 0 aliphatic heterocycles. The van der Waals surface area contributed by atoms with Gasteiger partial charge in [-0.3, -0.25) is 0 Å². The molecular formula is C15H31NO. The lowest BCUT2D eigenvalue weighted by atomic mass is 9.92. The fraction of sp³-hybridized carbons (Fsp3) is 1.00. The van der Waals surface area contributed by atoms with E-state index in [1.165, 1.54) is 64.2 Å². The molecule has 0 aromatic carbocycles. The van der Waals surface area contributed by atoms with Gasteiger partial charge in [0.1, 0.15) is 0 Å². The summed E-state index contributed by atoms with van der Waals surface area (Å²) in [6.07, 6.45) is 13.8. The van der Waals surface area contributed by atoms with Crippen LogP contribution in [0.3, 0.4) is 0 Å². The monoisotopic (exact) mass is 241 g/mol. The second-order valence-electron chi connectivity index (χ2n) is 5.36. The average Bonchev–Trinajstić information content (AvgIpc) is 2.38. The van der Waals surface area contributed by atoms with Gasteiger partial charge in [-0.1, -0.05) is 51.9 Å². The van der Waals surface area contributed by atoms with Gasteiger partial charge in [-0.2, -0.15) is 0 Å². The van der Waals surface area contributed by atoms with E-state index >= 15 is 0 Å². The second-order valence-corrected chi connectivity index (χ2v) is 5.36. The zero-order valence-electron chi connectivity index (χ0n) is 11.8. The molecule has 102 valence electrons. The van der Waals surface area contributed by atoms with Crippen molar-refractivity contribution in [3.8, 4) is 0 Å². The zero-order valence-corrected chi connectivity index (χ0v) is 11.8. The van der Waals surface area contributed by atoms with Crippen LogP contribution in [-0.4, -0.2) is 25.8 Å². The van der Waals surface area contributed by atoms with Crippen LogP contribution >= 0.6 is 0 Å². The molecule has 1 fully saturated rings. The Hall–Kier alpha value is -0.0800. The first-order valence-electron chi connectivity index (χ1n) is 7.67. The first-order chi connectivity index (χ1) is 8.38. The summed E-state index contributed by atoms with van der Waals surface area (Å²) >= 11 is 0. The molecule has 1 saturated carbocycles. The van der Waals surface area contributed by atoms with Crippen molar-refractivity contribution in [3.63, 3.8) is 0 Å². The highest BCUT2D eigenvalue weighted by atomic mass is 16.5. The van der Waals surface area contributed by atoms with Gasteiger partial charge in [0.15, 0.2) is 0 Å². The van der Waals surface area contributed by atoms with E-state index in [1.54, 1.807) is 0 Å². The third kappa shape index (κ3) is 6.42. The van der Waals surface area contributed by atoms with Crippen molar-refractivity contribution in [3.05, 3.63) is 0 Å². The van der Waals surface area contributed by atoms with Crippen LogP contribution in [0.2, 0.25) is 0 Å². The Morgan fingerprint density at radius 1 is 1.00 bits per heavy atom. The first-order valence-corrected chi connectivity index (χ1v) is 7.67. The zero-order chi connectivity index (χ0) is 12.3. The van der Waals surface area contributed by atoms with Gasteiger partial charge in [-0.05, 0) is 26.3 Å². The fourth-order valence-electron chi connectivity index (χ4n) is 2.74. The third-order valence-corrected chi connectivity index (χ3v) is 3.90. The van der Waals surface area contributed by atoms with Crippen LogP contribution < -0.4 is 5.32 Å². The van der Waals surface area contributed by atoms with E-state index in [-0.39, 0.29) is 0 Å². The van der Waals surface area contributed by atoms with Crippen LogP contribution in [0.4, 0.5) is 0 Å². The van der Waals surface area contributed by atoms with Crippen molar-refractivity contribution >= 4 is 0 Å². The van der Waals surface area contributed by atoms with Gasteiger partial charge in [-0.15, -0.1) is 0 Å². The molecule has 0 heterocycles. The van der Waals surface area contributed by atoms with Crippen LogP contribution in [-0.2, 0) is 4.74 Å². The Kier molecular flexibility index (Phi) is 8.72. The Morgan fingerprint density at radius 2 is 1.71 bits per heavy atom. The number of likely N-dealkylation sites (N-methyl/N-ethyl adjacent to an activating group) is 1. The molecular weight excluding hydrogens is 210 g/mol. The summed E-state index contributed by atoms with van der Waals surface area (Å²) in [7, 11) is 2.07. The van der Waals surface area contributed by atoms with Gasteiger partial charge in [0.2, 0.25) is 0 Å². The molecule has 1 aliphatic rings. The molecule has 1 rings (SSSR count). The summed E-state index contributed by atoms with van der Waals surface area (Å²) in [5, 5.41) is 3.40. The normalized spacial score (nSPS) is 25.1. The van der Waals surface area contributed by atoms with E-state index in [1.807, 2.05) is 0 Å². The number of hydrogen-bond acceptors (Lipinski definition) is 2. The van der Waals surface area contributed by atoms with Gasteiger partial charge >= 0.3 is 0 Å². The van der Waals surface area contributed by atoms with Crippen LogP contribution in [0.1, 0.15) is 71.1 Å². The SMILES string of the molecule is CCCCCCCCOC1CCCCC1NC. The summed E-state index contributed by atoms with van der Waals surface area (Å²) in [6.45, 7) is 3.24. The summed E-state index contributed by atoms with van der Waals surface area (Å²) < 4.78 is 6.03. The molecule has 2 nitrogen and oxygen atoms in total. The van der Waals surface area contributed by atoms with Crippen LogP contribution in [0.25, 0.3) is 0 Å². The van der Waals surface area contributed by atoms with E-state index in [4.69, 9.17) is 4.74 Å². The van der Waals surface area contributed by atoms with Gasteiger partial charge in [0.05, 0.1) is 6.10 Å². The standard InChI is InChI=1S/C15H31NO/c1-3-4-5-6-7-10-13-17-15-12-9-8-11-14(15)16-2/h14-16H,3-13H2,1-2H3. The molecule has 1 N–H and O–H groups in total. The van der Waals surface area contributed by atoms with Crippen LogP contribution in [0, 0.1) is 0 Å². The van der Waals surface area contributed by atoms with E-state index in [9.17, 15) is 0 Å². The van der Waals surface area contributed by atoms with Crippen LogP contribution in [0.15, 0.2) is 0 Å². The maximum absolute atomic E-state index is 6.03. The first kappa shape index (κ1) is 15.0. The Morgan fingerprint density at radius 3 is 2.47 bits per heavy atom. The number of ether oxygens (including phenoxy) is 1. The van der Waals surface area contributed by atoms with Crippen LogP contribution in [0.5, 0.6) is 0 Å². The smallest absolute Gasteiger partial charge is 0.0727 e. The van der Waals surface area contributed by atoms with Gasteiger partial charge in [0, 0.05) is 12.6 Å².